The Morgan fingerprint density at radius 3 is 2.30 bits per heavy atom. The molecule has 0 spiro atoms. The van der Waals surface area contributed by atoms with E-state index in [2.05, 4.69) is 5.32 Å². The number of ether oxygens (including phenoxy) is 2. The van der Waals surface area contributed by atoms with Crippen molar-refractivity contribution in [3.63, 3.8) is 0 Å². The van der Waals surface area contributed by atoms with E-state index in [1.54, 1.807) is 34.6 Å². The van der Waals surface area contributed by atoms with E-state index in [1.807, 2.05) is 0 Å². The number of rotatable bonds is 3. The second-order valence-electron chi connectivity index (χ2n) is 6.86. The minimum atomic E-state index is -1.08. The third-order valence-corrected chi connectivity index (χ3v) is 3.16. The second kappa shape index (κ2) is 7.52. The number of carboxylic acids is 1. The lowest BCUT2D eigenvalue weighted by Gasteiger charge is -2.38. The maximum absolute atomic E-state index is 12.2. The molecule has 8 nitrogen and oxygen atoms in total. The quantitative estimate of drug-likeness (QED) is 0.819. The first-order valence-electron chi connectivity index (χ1n) is 7.69. The van der Waals surface area contributed by atoms with Crippen molar-refractivity contribution in [3.05, 3.63) is 0 Å². The fourth-order valence-corrected chi connectivity index (χ4v) is 2.28. The summed E-state index contributed by atoms with van der Waals surface area (Å²) in [4.78, 5) is 36.4. The maximum atomic E-state index is 12.2. The molecule has 2 amide bonds. The van der Waals surface area contributed by atoms with Gasteiger partial charge in [-0.05, 0) is 47.5 Å². The molecule has 132 valence electrons. The summed E-state index contributed by atoms with van der Waals surface area (Å²) in [6.45, 7) is 8.65. The number of alkyl carbamates (subject to hydrolysis) is 1. The fraction of sp³-hybridized carbons (Fsp3) is 0.800. The van der Waals surface area contributed by atoms with Crippen molar-refractivity contribution in [1.29, 1.82) is 0 Å². The van der Waals surface area contributed by atoms with Crippen LogP contribution in [0.2, 0.25) is 0 Å². The van der Waals surface area contributed by atoms with Gasteiger partial charge in [0.05, 0.1) is 12.1 Å². The van der Waals surface area contributed by atoms with E-state index in [0.29, 0.717) is 6.42 Å². The summed E-state index contributed by atoms with van der Waals surface area (Å²) in [7, 11) is 0. The number of likely N-dealkylation sites (tertiary alicyclic amines) is 1. The molecule has 0 saturated carbocycles. The predicted molar refractivity (Wildman–Crippen MR) is 82.1 cm³/mol. The minimum absolute atomic E-state index is 0.0685. The van der Waals surface area contributed by atoms with Crippen LogP contribution in [0.1, 0.15) is 47.5 Å². The summed E-state index contributed by atoms with van der Waals surface area (Å²) in [5.74, 6) is -1.08. The van der Waals surface area contributed by atoms with Crippen LogP contribution < -0.4 is 5.32 Å². The van der Waals surface area contributed by atoms with E-state index in [-0.39, 0.29) is 25.1 Å². The minimum Gasteiger partial charge on any atom is -0.480 e. The van der Waals surface area contributed by atoms with Crippen LogP contribution in [-0.2, 0) is 14.3 Å². The highest BCUT2D eigenvalue weighted by atomic mass is 16.6. The molecule has 1 aliphatic heterocycles. The van der Waals surface area contributed by atoms with E-state index < -0.39 is 29.8 Å². The number of hydrogen-bond acceptors (Lipinski definition) is 5. The molecule has 2 unspecified atom stereocenters. The van der Waals surface area contributed by atoms with Gasteiger partial charge < -0.3 is 19.9 Å². The van der Waals surface area contributed by atoms with Gasteiger partial charge in [-0.1, -0.05) is 0 Å². The number of carbonyl (C=O) groups is 3. The highest BCUT2D eigenvalue weighted by molar-refractivity contribution is 5.80. The topological polar surface area (TPSA) is 105 Å². The van der Waals surface area contributed by atoms with Gasteiger partial charge >= 0.3 is 18.2 Å². The highest BCUT2D eigenvalue weighted by Gasteiger charge is 2.38. The number of amides is 2. The number of piperidine rings is 1. The first-order valence-corrected chi connectivity index (χ1v) is 7.69. The predicted octanol–water partition coefficient (Wildman–Crippen LogP) is 1.97. The molecular weight excluding hydrogens is 304 g/mol. The van der Waals surface area contributed by atoms with Gasteiger partial charge in [0.1, 0.15) is 11.6 Å². The number of nitrogens with one attached hydrogen (secondary N) is 1. The number of nitrogens with zero attached hydrogens (tertiary/aromatic N) is 1. The molecule has 23 heavy (non-hydrogen) atoms. The van der Waals surface area contributed by atoms with Gasteiger partial charge in [-0.3, -0.25) is 4.90 Å². The lowest BCUT2D eigenvalue weighted by atomic mass is 9.99. The van der Waals surface area contributed by atoms with Gasteiger partial charge in [-0.25, -0.2) is 14.4 Å². The molecule has 1 heterocycles. The summed E-state index contributed by atoms with van der Waals surface area (Å²) < 4.78 is 10.3. The van der Waals surface area contributed by atoms with E-state index in [4.69, 9.17) is 9.47 Å². The Balaban J connectivity index is 2.75. The molecule has 0 radical (unpaired) electrons. The van der Waals surface area contributed by atoms with Crippen molar-refractivity contribution in [2.45, 2.75) is 71.2 Å². The first-order chi connectivity index (χ1) is 10.5. The molecule has 0 bridgehead atoms. The third-order valence-electron chi connectivity index (χ3n) is 3.16. The molecule has 2 atom stereocenters. The van der Waals surface area contributed by atoms with Gasteiger partial charge in [-0.2, -0.15) is 0 Å². The molecular formula is C15H26N2O6. The number of aliphatic carboxylic acids is 1. The third kappa shape index (κ3) is 6.33. The smallest absolute Gasteiger partial charge is 0.411 e. The largest absolute Gasteiger partial charge is 0.480 e. The van der Waals surface area contributed by atoms with Gasteiger partial charge in [0.25, 0.3) is 0 Å². The van der Waals surface area contributed by atoms with Crippen molar-refractivity contribution in [3.8, 4) is 0 Å². The van der Waals surface area contributed by atoms with Crippen LogP contribution in [0.25, 0.3) is 0 Å². The van der Waals surface area contributed by atoms with Crippen LogP contribution in [0.5, 0.6) is 0 Å². The lowest BCUT2D eigenvalue weighted by Crippen LogP contribution is -2.57. The van der Waals surface area contributed by atoms with E-state index in [9.17, 15) is 19.5 Å². The standard InChI is InChI=1S/C15H26N2O6/c1-9(2)22-13(20)16-10-6-7-11(12(18)19)17(8-10)14(21)23-15(3,4)5/h9-11H,6-8H2,1-5H3,(H,16,20)(H,18,19). The summed E-state index contributed by atoms with van der Waals surface area (Å²) >= 11 is 0. The molecule has 1 saturated heterocycles. The van der Waals surface area contributed by atoms with E-state index >= 15 is 0 Å². The van der Waals surface area contributed by atoms with Gasteiger partial charge in [-0.15, -0.1) is 0 Å². The van der Waals surface area contributed by atoms with Crippen molar-refractivity contribution in [2.75, 3.05) is 6.54 Å². The zero-order valence-corrected chi connectivity index (χ0v) is 14.3. The van der Waals surface area contributed by atoms with Crippen molar-refractivity contribution >= 4 is 18.2 Å². The molecule has 0 aliphatic carbocycles. The van der Waals surface area contributed by atoms with E-state index in [1.165, 1.54) is 0 Å². The van der Waals surface area contributed by atoms with Crippen LogP contribution in [0.15, 0.2) is 0 Å². The SMILES string of the molecule is CC(C)OC(=O)NC1CCC(C(=O)O)N(C(=O)OC(C)(C)C)C1. The molecule has 8 heteroatoms. The Labute approximate surface area is 136 Å². The summed E-state index contributed by atoms with van der Waals surface area (Å²) in [6.07, 6.45) is -0.853. The average Bonchev–Trinajstić information content (AvgIpc) is 2.35. The lowest BCUT2D eigenvalue weighted by molar-refractivity contribution is -0.144. The molecule has 0 aromatic heterocycles. The number of carboxylic acid groups (broad SMARTS) is 1. The van der Waals surface area contributed by atoms with Crippen LogP contribution in [-0.4, -0.2) is 58.5 Å². The van der Waals surface area contributed by atoms with Crippen molar-refractivity contribution < 1.29 is 29.0 Å². The number of carbonyl (C=O) groups excluding carboxylic acids is 2. The maximum Gasteiger partial charge on any atom is 0.411 e. The normalized spacial score (nSPS) is 21.7. The molecule has 1 fully saturated rings. The van der Waals surface area contributed by atoms with Crippen LogP contribution >= 0.6 is 0 Å². The Bertz CT molecular complexity index is 457. The molecule has 0 aromatic carbocycles. The van der Waals surface area contributed by atoms with Gasteiger partial charge in [0.15, 0.2) is 0 Å². The molecule has 1 rings (SSSR count). The Kier molecular flexibility index (Phi) is 6.23. The zero-order chi connectivity index (χ0) is 17.8. The van der Waals surface area contributed by atoms with Crippen LogP contribution in [0.3, 0.4) is 0 Å². The van der Waals surface area contributed by atoms with Crippen molar-refractivity contribution in [1.82, 2.24) is 10.2 Å². The summed E-state index contributed by atoms with van der Waals surface area (Å²) in [6, 6.07) is -1.33. The molecule has 0 aromatic rings. The molecule has 1 aliphatic rings. The Hall–Kier alpha value is -1.99. The summed E-state index contributed by atoms with van der Waals surface area (Å²) in [5.41, 5.74) is -0.725. The fourth-order valence-electron chi connectivity index (χ4n) is 2.28. The average molecular weight is 330 g/mol. The zero-order valence-electron chi connectivity index (χ0n) is 14.3. The van der Waals surface area contributed by atoms with Crippen LogP contribution in [0, 0.1) is 0 Å². The van der Waals surface area contributed by atoms with Crippen LogP contribution in [0.4, 0.5) is 9.59 Å². The van der Waals surface area contributed by atoms with Gasteiger partial charge in [0.2, 0.25) is 0 Å². The Morgan fingerprint density at radius 1 is 1.22 bits per heavy atom. The second-order valence-corrected chi connectivity index (χ2v) is 6.86. The first kappa shape index (κ1) is 19.1. The Morgan fingerprint density at radius 2 is 1.83 bits per heavy atom. The van der Waals surface area contributed by atoms with E-state index in [0.717, 1.165) is 4.90 Å². The van der Waals surface area contributed by atoms with Gasteiger partial charge in [0, 0.05) is 6.54 Å². The summed E-state index contributed by atoms with van der Waals surface area (Å²) in [5, 5.41) is 11.9. The number of hydrogen-bond donors (Lipinski definition) is 2. The highest BCUT2D eigenvalue weighted by Crippen LogP contribution is 2.21. The monoisotopic (exact) mass is 330 g/mol. The molecule has 2 N–H and O–H groups in total. The van der Waals surface area contributed by atoms with Crippen molar-refractivity contribution in [2.24, 2.45) is 0 Å².